The van der Waals surface area contributed by atoms with Crippen molar-refractivity contribution in [2.75, 3.05) is 0 Å². The number of nitrogens with one attached hydrogen (secondary N) is 1. The monoisotopic (exact) mass is 356 g/mol. The van der Waals surface area contributed by atoms with Crippen molar-refractivity contribution in [2.45, 2.75) is 51.1 Å². The predicted molar refractivity (Wildman–Crippen MR) is 101 cm³/mol. The first-order valence-electron chi connectivity index (χ1n) is 9.14. The maximum Gasteiger partial charge on any atom is 0.219 e. The second-order valence-electron chi connectivity index (χ2n) is 6.59. The highest BCUT2D eigenvalue weighted by Crippen LogP contribution is 2.20. The van der Waals surface area contributed by atoms with E-state index < -0.39 is 0 Å². The summed E-state index contributed by atoms with van der Waals surface area (Å²) in [7, 11) is 0. The molecule has 0 radical (unpaired) electrons. The highest BCUT2D eigenvalue weighted by molar-refractivity contribution is 5.78. The topological polar surface area (TPSA) is 72.5 Å². The van der Waals surface area contributed by atoms with Crippen LogP contribution in [0.3, 0.4) is 0 Å². The Morgan fingerprint density at radius 3 is 2.50 bits per heavy atom. The molecule has 1 aromatic heterocycles. The average Bonchev–Trinajstić information content (AvgIpc) is 2.92. The number of pyridine rings is 1. The van der Waals surface area contributed by atoms with Crippen molar-refractivity contribution in [3.8, 4) is 11.6 Å². The first-order chi connectivity index (χ1) is 12.7. The lowest BCUT2D eigenvalue weighted by molar-refractivity contribution is 0.461. The molecule has 1 fully saturated rings. The fourth-order valence-corrected chi connectivity index (χ4v) is 3.04. The Bertz CT molecular complexity index is 708. The van der Waals surface area contributed by atoms with E-state index in [4.69, 9.17) is 10.5 Å². The Kier molecular flexibility index (Phi) is 6.41. The lowest BCUT2D eigenvalue weighted by Gasteiger charge is -2.16. The Morgan fingerprint density at radius 2 is 1.85 bits per heavy atom. The van der Waals surface area contributed by atoms with Gasteiger partial charge in [0, 0.05) is 18.3 Å². The van der Waals surface area contributed by atoms with E-state index in [0.717, 1.165) is 18.4 Å². The van der Waals surface area contributed by atoms with E-state index in [2.05, 4.69) is 15.3 Å². The molecule has 0 atom stereocenters. The fraction of sp³-hybridized carbons (Fsp3) is 0.400. The molecule has 26 heavy (non-hydrogen) atoms. The fourth-order valence-electron chi connectivity index (χ4n) is 3.04. The third kappa shape index (κ3) is 5.72. The summed E-state index contributed by atoms with van der Waals surface area (Å²) in [5, 5.41) is 3.33. The molecule has 1 heterocycles. The van der Waals surface area contributed by atoms with Gasteiger partial charge in [-0.25, -0.2) is 14.4 Å². The normalized spacial score (nSPS) is 16.1. The lowest BCUT2D eigenvalue weighted by atomic mass is 10.1. The molecule has 1 aliphatic rings. The summed E-state index contributed by atoms with van der Waals surface area (Å²) >= 11 is 0. The molecule has 0 unspecified atom stereocenters. The first-order valence-corrected chi connectivity index (χ1v) is 9.14. The van der Waals surface area contributed by atoms with Crippen molar-refractivity contribution in [2.24, 2.45) is 10.7 Å². The van der Waals surface area contributed by atoms with E-state index in [0.29, 0.717) is 30.2 Å². The Labute approximate surface area is 153 Å². The molecule has 1 saturated carbocycles. The van der Waals surface area contributed by atoms with Crippen molar-refractivity contribution < 1.29 is 9.13 Å². The second kappa shape index (κ2) is 9.17. The number of hydrogen-bond donors (Lipinski definition) is 2. The van der Waals surface area contributed by atoms with Gasteiger partial charge >= 0.3 is 0 Å². The minimum Gasteiger partial charge on any atom is -0.439 e. The van der Waals surface area contributed by atoms with E-state index in [1.807, 2.05) is 6.07 Å². The number of nitrogens with zero attached hydrogens (tertiary/aromatic N) is 2. The van der Waals surface area contributed by atoms with Crippen LogP contribution in [-0.4, -0.2) is 17.0 Å². The SMILES string of the molecule is NC(=NCc1ccc(Oc2ccc(F)cc2)nc1)NC1CCCCCC1. The quantitative estimate of drug-likeness (QED) is 0.480. The summed E-state index contributed by atoms with van der Waals surface area (Å²) in [4.78, 5) is 8.66. The van der Waals surface area contributed by atoms with E-state index in [9.17, 15) is 4.39 Å². The predicted octanol–water partition coefficient (Wildman–Crippen LogP) is 4.14. The van der Waals surface area contributed by atoms with Crippen LogP contribution in [0.1, 0.15) is 44.1 Å². The Morgan fingerprint density at radius 1 is 1.12 bits per heavy atom. The number of aromatic nitrogens is 1. The van der Waals surface area contributed by atoms with Gasteiger partial charge in [0.15, 0.2) is 5.96 Å². The molecule has 5 nitrogen and oxygen atoms in total. The molecule has 6 heteroatoms. The van der Waals surface area contributed by atoms with E-state index in [1.165, 1.54) is 37.8 Å². The Hall–Kier alpha value is -2.63. The van der Waals surface area contributed by atoms with Gasteiger partial charge < -0.3 is 15.8 Å². The van der Waals surface area contributed by atoms with E-state index in [-0.39, 0.29) is 5.82 Å². The van der Waals surface area contributed by atoms with Gasteiger partial charge in [0.05, 0.1) is 6.54 Å². The molecule has 138 valence electrons. The molecule has 0 amide bonds. The molecule has 1 aromatic carbocycles. The van der Waals surface area contributed by atoms with Crippen LogP contribution < -0.4 is 15.8 Å². The zero-order valence-corrected chi connectivity index (χ0v) is 14.8. The number of hydrogen-bond acceptors (Lipinski definition) is 3. The zero-order chi connectivity index (χ0) is 18.2. The van der Waals surface area contributed by atoms with Crippen molar-refractivity contribution in [1.29, 1.82) is 0 Å². The smallest absolute Gasteiger partial charge is 0.219 e. The van der Waals surface area contributed by atoms with Gasteiger partial charge in [-0.2, -0.15) is 0 Å². The zero-order valence-electron chi connectivity index (χ0n) is 14.8. The van der Waals surface area contributed by atoms with Crippen LogP contribution in [0.5, 0.6) is 11.6 Å². The molecular formula is C20H25FN4O. The summed E-state index contributed by atoms with van der Waals surface area (Å²) in [6.07, 6.45) is 9.16. The van der Waals surface area contributed by atoms with Crippen LogP contribution in [0, 0.1) is 5.82 Å². The summed E-state index contributed by atoms with van der Waals surface area (Å²) in [5.74, 6) is 1.19. The number of rotatable bonds is 5. The van der Waals surface area contributed by atoms with Crippen LogP contribution >= 0.6 is 0 Å². The third-order valence-electron chi connectivity index (χ3n) is 4.47. The standard InChI is InChI=1S/C20H25FN4O/c21-16-8-10-18(11-9-16)26-19-12-7-15(13-23-19)14-24-20(22)25-17-5-3-1-2-4-6-17/h7-13,17H,1-6,14H2,(H3,22,24,25). The molecule has 2 aromatic rings. The number of halogens is 1. The summed E-state index contributed by atoms with van der Waals surface area (Å²) < 4.78 is 18.5. The van der Waals surface area contributed by atoms with Gasteiger partial charge in [-0.05, 0) is 42.7 Å². The summed E-state index contributed by atoms with van der Waals surface area (Å²) in [6.45, 7) is 0.468. The molecule has 0 saturated heterocycles. The molecular weight excluding hydrogens is 331 g/mol. The molecule has 3 rings (SSSR count). The Balaban J connectivity index is 1.50. The van der Waals surface area contributed by atoms with Gasteiger partial charge in [-0.15, -0.1) is 0 Å². The van der Waals surface area contributed by atoms with E-state index in [1.54, 1.807) is 24.4 Å². The van der Waals surface area contributed by atoms with Crippen molar-refractivity contribution >= 4 is 5.96 Å². The van der Waals surface area contributed by atoms with Gasteiger partial charge in [0.1, 0.15) is 11.6 Å². The van der Waals surface area contributed by atoms with Crippen LogP contribution in [-0.2, 0) is 6.54 Å². The van der Waals surface area contributed by atoms with Crippen LogP contribution in [0.15, 0.2) is 47.6 Å². The third-order valence-corrected chi connectivity index (χ3v) is 4.47. The number of benzene rings is 1. The first kappa shape index (κ1) is 18.2. The van der Waals surface area contributed by atoms with Gasteiger partial charge in [-0.3, -0.25) is 0 Å². The van der Waals surface area contributed by atoms with Gasteiger partial charge in [-0.1, -0.05) is 31.7 Å². The number of aliphatic imine (C=N–C) groups is 1. The molecule has 0 aliphatic heterocycles. The van der Waals surface area contributed by atoms with Gasteiger partial charge in [0.2, 0.25) is 5.88 Å². The molecule has 0 spiro atoms. The minimum absolute atomic E-state index is 0.298. The summed E-state index contributed by atoms with van der Waals surface area (Å²) in [6, 6.07) is 9.93. The van der Waals surface area contributed by atoms with Crippen molar-refractivity contribution in [3.05, 3.63) is 54.0 Å². The second-order valence-corrected chi connectivity index (χ2v) is 6.59. The molecule has 3 N–H and O–H groups in total. The van der Waals surface area contributed by atoms with Crippen LogP contribution in [0.4, 0.5) is 4.39 Å². The van der Waals surface area contributed by atoms with Crippen LogP contribution in [0.2, 0.25) is 0 Å². The lowest BCUT2D eigenvalue weighted by Crippen LogP contribution is -2.39. The number of ether oxygens (including phenoxy) is 1. The van der Waals surface area contributed by atoms with Crippen molar-refractivity contribution in [3.63, 3.8) is 0 Å². The average molecular weight is 356 g/mol. The van der Waals surface area contributed by atoms with Crippen molar-refractivity contribution in [1.82, 2.24) is 10.3 Å². The largest absolute Gasteiger partial charge is 0.439 e. The molecule has 0 bridgehead atoms. The maximum absolute atomic E-state index is 12.9. The van der Waals surface area contributed by atoms with Crippen LogP contribution in [0.25, 0.3) is 0 Å². The minimum atomic E-state index is -0.298. The van der Waals surface area contributed by atoms with E-state index >= 15 is 0 Å². The van der Waals surface area contributed by atoms with Gasteiger partial charge in [0.25, 0.3) is 0 Å². The highest BCUT2D eigenvalue weighted by Gasteiger charge is 2.12. The maximum atomic E-state index is 12.9. The molecule has 1 aliphatic carbocycles. The number of nitrogens with two attached hydrogens (primary N) is 1. The number of guanidine groups is 1. The highest BCUT2D eigenvalue weighted by atomic mass is 19.1. The summed E-state index contributed by atoms with van der Waals surface area (Å²) in [5.41, 5.74) is 6.96.